The van der Waals surface area contributed by atoms with Crippen molar-refractivity contribution in [2.45, 2.75) is 96.8 Å². The zero-order valence-electron chi connectivity index (χ0n) is 24.8. The summed E-state index contributed by atoms with van der Waals surface area (Å²) in [5, 5.41) is 9.09. The molecule has 1 saturated carbocycles. The van der Waals surface area contributed by atoms with Gasteiger partial charge in [0.1, 0.15) is 0 Å². The molecule has 2 unspecified atom stereocenters. The number of allylic oxidation sites excluding steroid dienone is 2. The molecular weight excluding hydrogens is 500 g/mol. The lowest BCUT2D eigenvalue weighted by atomic mass is 9.78. The van der Waals surface area contributed by atoms with Crippen LogP contribution in [0.4, 0.5) is 0 Å². The van der Waals surface area contributed by atoms with E-state index >= 15 is 0 Å². The van der Waals surface area contributed by atoms with Gasteiger partial charge in [0.05, 0.1) is 25.4 Å². The number of hydrogen-bond donors (Lipinski definition) is 1. The Morgan fingerprint density at radius 1 is 1.00 bits per heavy atom. The fourth-order valence-electron chi connectivity index (χ4n) is 5.99. The van der Waals surface area contributed by atoms with Crippen molar-refractivity contribution in [1.82, 2.24) is 0 Å². The summed E-state index contributed by atoms with van der Waals surface area (Å²) >= 11 is 0. The van der Waals surface area contributed by atoms with Gasteiger partial charge in [-0.3, -0.25) is 0 Å². The van der Waals surface area contributed by atoms with Gasteiger partial charge in [0.25, 0.3) is 0 Å². The number of unbranched alkanes of at least 4 members (excludes halogenated alkanes) is 2. The zero-order chi connectivity index (χ0) is 28.9. The molecule has 0 saturated heterocycles. The molecule has 0 heterocycles. The maximum absolute atomic E-state index is 12.0. The number of ether oxygens (including phenoxy) is 2. The quantitative estimate of drug-likeness (QED) is 0.106. The monoisotopic (exact) mass is 550 g/mol. The number of aliphatic hydroxyl groups is 1. The third-order valence-corrected chi connectivity index (χ3v) is 8.67. The molecule has 0 spiro atoms. The van der Waals surface area contributed by atoms with E-state index in [-0.39, 0.29) is 24.7 Å². The minimum atomic E-state index is -0.607. The highest BCUT2D eigenvalue weighted by Gasteiger charge is 2.23. The highest BCUT2D eigenvalue weighted by atomic mass is 16.5. The average Bonchev–Trinajstić information content (AvgIpc) is 2.97. The van der Waals surface area contributed by atoms with Crippen molar-refractivity contribution in [3.05, 3.63) is 71.3 Å². The fourth-order valence-corrected chi connectivity index (χ4v) is 5.99. The Morgan fingerprint density at radius 3 is 2.45 bits per heavy atom. The molecule has 5 heteroatoms. The molecule has 1 fully saturated rings. The van der Waals surface area contributed by atoms with Gasteiger partial charge in [-0.15, -0.1) is 0 Å². The number of rotatable bonds is 15. The van der Waals surface area contributed by atoms with E-state index in [2.05, 4.69) is 50.4 Å². The summed E-state index contributed by atoms with van der Waals surface area (Å²) in [5.74, 6) is 1.15. The molecule has 40 heavy (non-hydrogen) atoms. The lowest BCUT2D eigenvalue weighted by Gasteiger charge is -2.28. The van der Waals surface area contributed by atoms with Gasteiger partial charge < -0.3 is 14.6 Å². The molecule has 0 bridgehead atoms. The molecule has 220 valence electrons. The van der Waals surface area contributed by atoms with E-state index in [0.717, 1.165) is 36.7 Å². The molecule has 2 aliphatic carbocycles. The third-order valence-electron chi connectivity index (χ3n) is 8.67. The van der Waals surface area contributed by atoms with Gasteiger partial charge in [-0.05, 0) is 92.7 Å². The predicted molar refractivity (Wildman–Crippen MR) is 161 cm³/mol. The number of hydrogen-bond acceptors (Lipinski definition) is 5. The van der Waals surface area contributed by atoms with Crippen LogP contribution in [0.3, 0.4) is 0 Å². The van der Waals surface area contributed by atoms with Crippen LogP contribution >= 0.6 is 0 Å². The van der Waals surface area contributed by atoms with Gasteiger partial charge in [0.2, 0.25) is 0 Å². The summed E-state index contributed by atoms with van der Waals surface area (Å²) in [6, 6.07) is 6.58. The van der Waals surface area contributed by atoms with Crippen LogP contribution in [0.1, 0.15) is 101 Å². The maximum atomic E-state index is 12.0. The van der Waals surface area contributed by atoms with Crippen molar-refractivity contribution in [2.24, 2.45) is 17.8 Å². The first-order valence-electron chi connectivity index (χ1n) is 15.4. The standard InChI is InChI=1S/C35H50O5/c1-5-6-7-8-27-9-11-28(12-10-27)13-14-29-15-16-31-22-32(18-17-30(31)21-29)33(24-40-34(37)25(2)3)19-20-39-35(38)26(4)23-36/h13-14,17-18,22,27-29,33,36H,2,4-12,15-16,19-21,23-24H2,1,3H3/b14-13+. The second-order valence-corrected chi connectivity index (χ2v) is 12.0. The number of carbonyl (C=O) groups is 2. The summed E-state index contributed by atoms with van der Waals surface area (Å²) < 4.78 is 10.8. The van der Waals surface area contributed by atoms with Crippen LogP contribution in [0.5, 0.6) is 0 Å². The van der Waals surface area contributed by atoms with E-state index in [1.165, 1.54) is 62.5 Å². The first-order valence-corrected chi connectivity index (χ1v) is 15.4. The summed E-state index contributed by atoms with van der Waals surface area (Å²) in [7, 11) is 0. The van der Waals surface area contributed by atoms with E-state index in [0.29, 0.717) is 17.9 Å². The molecule has 0 amide bonds. The second kappa shape index (κ2) is 16.6. The van der Waals surface area contributed by atoms with Crippen molar-refractivity contribution in [1.29, 1.82) is 0 Å². The molecule has 1 aromatic carbocycles. The summed E-state index contributed by atoms with van der Waals surface area (Å²) in [6.45, 7) is 11.0. The van der Waals surface area contributed by atoms with Gasteiger partial charge >= 0.3 is 11.9 Å². The molecule has 1 N–H and O–H groups in total. The number of aryl methyl sites for hydroxylation is 1. The Morgan fingerprint density at radius 2 is 1.75 bits per heavy atom. The van der Waals surface area contributed by atoms with E-state index in [4.69, 9.17) is 14.6 Å². The number of benzene rings is 1. The van der Waals surface area contributed by atoms with Crippen LogP contribution < -0.4 is 0 Å². The normalized spacial score (nSPS) is 21.4. The molecule has 2 atom stereocenters. The molecule has 0 radical (unpaired) electrons. The van der Waals surface area contributed by atoms with Crippen LogP contribution in [-0.2, 0) is 31.9 Å². The minimum absolute atomic E-state index is 0.0257. The number of carbonyl (C=O) groups excluding carboxylic acids is 2. The van der Waals surface area contributed by atoms with Gasteiger partial charge in [-0.1, -0.05) is 76.1 Å². The van der Waals surface area contributed by atoms with Crippen molar-refractivity contribution in [3.8, 4) is 0 Å². The highest BCUT2D eigenvalue weighted by Crippen LogP contribution is 2.35. The van der Waals surface area contributed by atoms with Crippen LogP contribution in [-0.4, -0.2) is 36.9 Å². The van der Waals surface area contributed by atoms with Crippen LogP contribution in [0.15, 0.2) is 54.7 Å². The largest absolute Gasteiger partial charge is 0.462 e. The molecule has 3 rings (SSSR count). The van der Waals surface area contributed by atoms with E-state index < -0.39 is 18.5 Å². The SMILES string of the molecule is C=C(C)C(=O)OCC(CCOC(=O)C(=C)CO)c1ccc2c(c1)CCC(/C=C/C1CCC(CCCCC)CC1)C2. The van der Waals surface area contributed by atoms with Crippen LogP contribution in [0.25, 0.3) is 0 Å². The molecule has 0 aliphatic heterocycles. The third kappa shape index (κ3) is 10.1. The molecule has 0 aromatic heterocycles. The lowest BCUT2D eigenvalue weighted by Crippen LogP contribution is -2.18. The average molecular weight is 551 g/mol. The molecule has 2 aliphatic rings. The summed E-state index contributed by atoms with van der Waals surface area (Å²) in [4.78, 5) is 24.0. The predicted octanol–water partition coefficient (Wildman–Crippen LogP) is 7.42. The van der Waals surface area contributed by atoms with Crippen molar-refractivity contribution in [2.75, 3.05) is 19.8 Å². The zero-order valence-corrected chi connectivity index (χ0v) is 24.8. The number of esters is 2. The Labute approximate surface area is 241 Å². The van der Waals surface area contributed by atoms with Gasteiger partial charge in [-0.25, -0.2) is 9.59 Å². The first-order chi connectivity index (χ1) is 19.3. The smallest absolute Gasteiger partial charge is 0.335 e. The van der Waals surface area contributed by atoms with Gasteiger partial charge in [-0.2, -0.15) is 0 Å². The van der Waals surface area contributed by atoms with E-state index in [1.807, 2.05) is 0 Å². The van der Waals surface area contributed by atoms with Gasteiger partial charge in [0, 0.05) is 11.5 Å². The Bertz CT molecular complexity index is 1030. The number of aliphatic hydroxyl groups excluding tert-OH is 1. The summed E-state index contributed by atoms with van der Waals surface area (Å²) in [5.41, 5.74) is 4.21. The van der Waals surface area contributed by atoms with Crippen LogP contribution in [0.2, 0.25) is 0 Å². The van der Waals surface area contributed by atoms with Crippen molar-refractivity contribution >= 4 is 11.9 Å². The Balaban J connectivity index is 1.56. The Hall–Kier alpha value is -2.66. The number of fused-ring (bicyclic) bond motifs is 1. The first kappa shape index (κ1) is 31.9. The lowest BCUT2D eigenvalue weighted by molar-refractivity contribution is -0.142. The van der Waals surface area contributed by atoms with Crippen LogP contribution in [0, 0.1) is 17.8 Å². The van der Waals surface area contributed by atoms with Crippen molar-refractivity contribution < 1.29 is 24.2 Å². The molecule has 5 nitrogen and oxygen atoms in total. The second-order valence-electron chi connectivity index (χ2n) is 12.0. The van der Waals surface area contributed by atoms with E-state index in [1.54, 1.807) is 6.92 Å². The topological polar surface area (TPSA) is 72.8 Å². The summed E-state index contributed by atoms with van der Waals surface area (Å²) in [6.07, 6.45) is 19.8. The fraction of sp³-hybridized carbons (Fsp3) is 0.600. The Kier molecular flexibility index (Phi) is 13.2. The highest BCUT2D eigenvalue weighted by molar-refractivity contribution is 5.88. The minimum Gasteiger partial charge on any atom is -0.462 e. The van der Waals surface area contributed by atoms with Gasteiger partial charge in [0.15, 0.2) is 0 Å². The van der Waals surface area contributed by atoms with Crippen molar-refractivity contribution in [3.63, 3.8) is 0 Å². The molecular formula is C35H50O5. The van der Waals surface area contributed by atoms with E-state index in [9.17, 15) is 9.59 Å². The maximum Gasteiger partial charge on any atom is 0.335 e. The molecule has 1 aromatic rings.